The van der Waals surface area contributed by atoms with Crippen molar-refractivity contribution in [2.45, 2.75) is 40.0 Å². The van der Waals surface area contributed by atoms with Crippen LogP contribution in [0.15, 0.2) is 0 Å². The van der Waals surface area contributed by atoms with Gasteiger partial charge >= 0.3 is 0 Å². The second-order valence-corrected chi connectivity index (χ2v) is 4.87. The smallest absolute Gasteiger partial charge is 0.0292 e. The highest BCUT2D eigenvalue weighted by atomic mass is 14.6. The van der Waals surface area contributed by atoms with E-state index in [1.165, 1.54) is 19.3 Å². The van der Waals surface area contributed by atoms with Gasteiger partial charge < -0.3 is 0 Å². The minimum atomic E-state index is 0.789. The molecule has 0 aromatic rings. The number of rotatable bonds is 1. The maximum absolute atomic E-state index is 2.48. The fourth-order valence-electron chi connectivity index (χ4n) is 3.15. The van der Waals surface area contributed by atoms with E-state index in [0.29, 0.717) is 0 Å². The summed E-state index contributed by atoms with van der Waals surface area (Å²) >= 11 is 0. The molecule has 0 saturated heterocycles. The molecule has 2 rings (SSSR count). The van der Waals surface area contributed by atoms with Gasteiger partial charge in [0.2, 0.25) is 0 Å². The average Bonchev–Trinajstić information content (AvgIpc) is 2.47. The zero-order valence-electron chi connectivity index (χ0n) is 7.35. The van der Waals surface area contributed by atoms with Crippen molar-refractivity contribution in [3.05, 3.63) is 0 Å². The molecule has 2 fully saturated rings. The molecule has 58 valence electrons. The summed E-state index contributed by atoms with van der Waals surface area (Å²) in [6.07, 6.45) is 4.50. The first-order chi connectivity index (χ1) is 4.63. The molecule has 0 heterocycles. The summed E-state index contributed by atoms with van der Waals surface area (Å²) in [6.45, 7) is 7.33. The van der Waals surface area contributed by atoms with Gasteiger partial charge in [0.05, 0.1) is 0 Å². The van der Waals surface area contributed by atoms with Gasteiger partial charge in [0.1, 0.15) is 0 Å². The minimum absolute atomic E-state index is 0.789. The maximum atomic E-state index is 2.48. The van der Waals surface area contributed by atoms with Gasteiger partial charge in [-0.25, -0.2) is 0 Å². The van der Waals surface area contributed by atoms with Crippen LogP contribution in [-0.4, -0.2) is 0 Å². The van der Waals surface area contributed by atoms with E-state index in [9.17, 15) is 0 Å². The Morgan fingerprint density at radius 2 is 1.60 bits per heavy atom. The molecule has 2 saturated carbocycles. The fraction of sp³-hybridized carbons (Fsp3) is 1.00. The lowest BCUT2D eigenvalue weighted by Gasteiger charge is -2.45. The van der Waals surface area contributed by atoms with Gasteiger partial charge in [-0.15, -0.1) is 0 Å². The van der Waals surface area contributed by atoms with Crippen molar-refractivity contribution in [3.8, 4) is 0 Å². The first kappa shape index (κ1) is 6.69. The third kappa shape index (κ3) is 0.741. The Morgan fingerprint density at radius 3 is 1.80 bits per heavy atom. The molecule has 0 radical (unpaired) electrons. The molecule has 0 spiro atoms. The predicted molar refractivity (Wildman–Crippen MR) is 43.8 cm³/mol. The molecule has 0 aromatic carbocycles. The third-order valence-electron chi connectivity index (χ3n) is 3.81. The highest BCUT2D eigenvalue weighted by Crippen LogP contribution is 2.62. The van der Waals surface area contributed by atoms with Crippen LogP contribution in [0.3, 0.4) is 0 Å². The summed E-state index contributed by atoms with van der Waals surface area (Å²) < 4.78 is 0. The van der Waals surface area contributed by atoms with Gasteiger partial charge in [0.25, 0.3) is 0 Å². The van der Waals surface area contributed by atoms with E-state index in [1.54, 1.807) is 0 Å². The lowest BCUT2D eigenvalue weighted by molar-refractivity contribution is 0.0366. The molecule has 0 amide bonds. The summed E-state index contributed by atoms with van der Waals surface area (Å²) in [4.78, 5) is 0. The lowest BCUT2D eigenvalue weighted by Crippen LogP contribution is -2.38. The first-order valence-corrected chi connectivity index (χ1v) is 4.63. The molecule has 2 aliphatic rings. The van der Waals surface area contributed by atoms with Gasteiger partial charge in [0.15, 0.2) is 0 Å². The summed E-state index contributed by atoms with van der Waals surface area (Å²) in [5.74, 6) is 3.14. The SMILES string of the molecule is CC1CC(C)C1C1(C)CC1. The molecule has 2 atom stereocenters. The van der Waals surface area contributed by atoms with Crippen LogP contribution in [0, 0.1) is 23.2 Å². The number of hydrogen-bond acceptors (Lipinski definition) is 0. The molecule has 0 aromatic heterocycles. The van der Waals surface area contributed by atoms with Crippen LogP contribution in [0.5, 0.6) is 0 Å². The Morgan fingerprint density at radius 1 is 1.10 bits per heavy atom. The van der Waals surface area contributed by atoms with Gasteiger partial charge in [-0.1, -0.05) is 20.8 Å². The van der Waals surface area contributed by atoms with E-state index in [2.05, 4.69) is 20.8 Å². The topological polar surface area (TPSA) is 0 Å². The Kier molecular flexibility index (Phi) is 1.19. The lowest BCUT2D eigenvalue weighted by atomic mass is 9.60. The molecular weight excluding hydrogens is 120 g/mol. The first-order valence-electron chi connectivity index (χ1n) is 4.63. The normalized spacial score (nSPS) is 50.1. The molecule has 0 aliphatic heterocycles. The second-order valence-electron chi connectivity index (χ2n) is 4.87. The fourth-order valence-corrected chi connectivity index (χ4v) is 3.15. The van der Waals surface area contributed by atoms with Crippen molar-refractivity contribution < 1.29 is 0 Å². The van der Waals surface area contributed by atoms with Crippen molar-refractivity contribution in [3.63, 3.8) is 0 Å². The monoisotopic (exact) mass is 138 g/mol. The molecule has 0 nitrogen and oxygen atoms in total. The largest absolute Gasteiger partial charge is 0.0622 e. The van der Waals surface area contributed by atoms with E-state index in [1.807, 2.05) is 0 Å². The van der Waals surface area contributed by atoms with Crippen molar-refractivity contribution in [1.82, 2.24) is 0 Å². The Bertz CT molecular complexity index is 136. The highest BCUT2D eigenvalue weighted by molar-refractivity contribution is 5.02. The van der Waals surface area contributed by atoms with Crippen LogP contribution in [0.1, 0.15) is 40.0 Å². The molecule has 10 heavy (non-hydrogen) atoms. The van der Waals surface area contributed by atoms with Gasteiger partial charge in [-0.2, -0.15) is 0 Å². The number of hydrogen-bond donors (Lipinski definition) is 0. The van der Waals surface area contributed by atoms with Crippen LogP contribution in [0.2, 0.25) is 0 Å². The van der Waals surface area contributed by atoms with Crippen LogP contribution in [-0.2, 0) is 0 Å². The maximum Gasteiger partial charge on any atom is -0.0292 e. The van der Waals surface area contributed by atoms with Gasteiger partial charge in [-0.05, 0) is 42.4 Å². The van der Waals surface area contributed by atoms with Gasteiger partial charge in [-0.3, -0.25) is 0 Å². The van der Waals surface area contributed by atoms with E-state index >= 15 is 0 Å². The van der Waals surface area contributed by atoms with Crippen molar-refractivity contribution in [2.75, 3.05) is 0 Å². The van der Waals surface area contributed by atoms with Crippen LogP contribution in [0.25, 0.3) is 0 Å². The molecule has 2 aliphatic carbocycles. The third-order valence-corrected chi connectivity index (χ3v) is 3.81. The predicted octanol–water partition coefficient (Wildman–Crippen LogP) is 3.08. The summed E-state index contributed by atoms with van der Waals surface area (Å²) in [7, 11) is 0. The zero-order valence-corrected chi connectivity index (χ0v) is 7.35. The molecular formula is C10H18. The molecule has 2 unspecified atom stereocenters. The van der Waals surface area contributed by atoms with Crippen LogP contribution >= 0.6 is 0 Å². The van der Waals surface area contributed by atoms with E-state index < -0.39 is 0 Å². The summed E-state index contributed by atoms with van der Waals surface area (Å²) in [5.41, 5.74) is 0.789. The van der Waals surface area contributed by atoms with E-state index in [4.69, 9.17) is 0 Å². The average molecular weight is 138 g/mol. The van der Waals surface area contributed by atoms with E-state index in [0.717, 1.165) is 23.2 Å². The quantitative estimate of drug-likeness (QED) is 0.522. The summed E-state index contributed by atoms with van der Waals surface area (Å²) in [6, 6.07) is 0. The standard InChI is InChI=1S/C10H18/c1-7-6-8(2)9(7)10(3)4-5-10/h7-9H,4-6H2,1-3H3. The Labute approximate surface area is 64.0 Å². The zero-order chi connectivity index (χ0) is 7.35. The Balaban J connectivity index is 2.03. The molecule has 0 N–H and O–H groups in total. The Hall–Kier alpha value is 0. The summed E-state index contributed by atoms with van der Waals surface area (Å²) in [5, 5.41) is 0. The molecule has 0 heteroatoms. The van der Waals surface area contributed by atoms with E-state index in [-0.39, 0.29) is 0 Å². The highest BCUT2D eigenvalue weighted by Gasteiger charge is 2.53. The van der Waals surface area contributed by atoms with Crippen LogP contribution in [0.4, 0.5) is 0 Å². The van der Waals surface area contributed by atoms with Crippen molar-refractivity contribution in [1.29, 1.82) is 0 Å². The van der Waals surface area contributed by atoms with Gasteiger partial charge in [0, 0.05) is 0 Å². The van der Waals surface area contributed by atoms with Crippen molar-refractivity contribution >= 4 is 0 Å². The molecule has 0 bridgehead atoms. The minimum Gasteiger partial charge on any atom is -0.0622 e. The van der Waals surface area contributed by atoms with Crippen LogP contribution < -0.4 is 0 Å². The van der Waals surface area contributed by atoms with Crippen molar-refractivity contribution in [2.24, 2.45) is 23.2 Å². The second kappa shape index (κ2) is 1.78.